The maximum Gasteiger partial charge on any atom is 0.338 e. The second-order valence-electron chi connectivity index (χ2n) is 11.6. The molecule has 60 heavy (non-hydrogen) atoms. The maximum atomic E-state index is 12.0. The van der Waals surface area contributed by atoms with Crippen LogP contribution in [0.25, 0.3) is 0 Å². The van der Waals surface area contributed by atoms with Crippen LogP contribution in [0, 0.1) is 6.92 Å². The van der Waals surface area contributed by atoms with E-state index < -0.39 is 55.2 Å². The van der Waals surface area contributed by atoms with Gasteiger partial charge < -0.3 is 19.7 Å². The predicted molar refractivity (Wildman–Crippen MR) is 226 cm³/mol. The van der Waals surface area contributed by atoms with Crippen LogP contribution in [0.15, 0.2) is 93.5 Å². The summed E-state index contributed by atoms with van der Waals surface area (Å²) in [6.07, 6.45) is 0. The van der Waals surface area contributed by atoms with E-state index in [1.54, 1.807) is 19.1 Å². The Kier molecular flexibility index (Phi) is 21.0. The first-order chi connectivity index (χ1) is 27.7. The van der Waals surface area contributed by atoms with E-state index in [1.807, 2.05) is 0 Å². The van der Waals surface area contributed by atoms with Crippen molar-refractivity contribution in [3.63, 3.8) is 0 Å². The van der Waals surface area contributed by atoms with Gasteiger partial charge in [0.15, 0.2) is 0 Å². The Labute approximate surface area is 377 Å². The molecule has 1 fully saturated rings. The minimum absolute atomic E-state index is 0.0234. The van der Waals surface area contributed by atoms with Crippen molar-refractivity contribution in [3.05, 3.63) is 122 Å². The number of nitrogens with zero attached hydrogens (tertiary/aromatic N) is 1. The van der Waals surface area contributed by atoms with Gasteiger partial charge in [-0.25, -0.2) is 39.6 Å². The largest absolute Gasteiger partial charge is 0.478 e. The van der Waals surface area contributed by atoms with Gasteiger partial charge in [0.1, 0.15) is 16.4 Å². The topological polar surface area (TPSA) is 233 Å². The second-order valence-corrected chi connectivity index (χ2v) is 20.8. The Morgan fingerprint density at radius 2 is 1.05 bits per heavy atom. The molecule has 1 saturated heterocycles. The molecule has 25 heteroatoms. The van der Waals surface area contributed by atoms with Crippen LogP contribution in [0.1, 0.15) is 47.0 Å². The first-order valence-electron chi connectivity index (χ1n) is 16.1. The van der Waals surface area contributed by atoms with Crippen molar-refractivity contribution in [1.82, 2.24) is 4.90 Å². The molecule has 1 aliphatic heterocycles. The molecule has 15 nitrogen and oxygen atoms in total. The number of carbonyl (C=O) groups is 4. The number of esters is 1. The summed E-state index contributed by atoms with van der Waals surface area (Å²) < 4.78 is 77.0. The van der Waals surface area contributed by atoms with Crippen molar-refractivity contribution in [3.8, 4) is 0 Å². The Balaban J connectivity index is 0.000000288. The number of hydrogen-bond donors (Lipinski definition) is 2. The minimum atomic E-state index is -4.01. The molecular formula is C35H30Cl7NO14S3. The number of carboxylic acid groups (broad SMARTS) is 2. The monoisotopic (exact) mass is 1030 g/mol. The Bertz CT molecular complexity index is 2440. The van der Waals surface area contributed by atoms with Crippen LogP contribution >= 0.6 is 78.5 Å². The molecule has 5 rings (SSSR count). The summed E-state index contributed by atoms with van der Waals surface area (Å²) in [6.45, 7) is 5.49. The Hall–Kier alpha value is -3.24. The van der Waals surface area contributed by atoms with Gasteiger partial charge in [-0.15, -0.1) is 0 Å². The first kappa shape index (κ1) is 52.9. The molecule has 1 heterocycles. The summed E-state index contributed by atoms with van der Waals surface area (Å²) in [5.74, 6) is -2.74. The molecule has 0 saturated carbocycles. The highest BCUT2D eigenvalue weighted by Gasteiger charge is 2.20. The molecule has 0 spiro atoms. The Morgan fingerprint density at radius 1 is 0.633 bits per heavy atom. The van der Waals surface area contributed by atoms with E-state index in [9.17, 15) is 44.4 Å². The lowest BCUT2D eigenvalue weighted by molar-refractivity contribution is 0.0195. The zero-order valence-corrected chi connectivity index (χ0v) is 38.1. The molecular weight excluding hydrogens is 1000 g/mol. The molecule has 1 aliphatic rings. The quantitative estimate of drug-likeness (QED) is 0.113. The van der Waals surface area contributed by atoms with Gasteiger partial charge in [-0.1, -0.05) is 40.9 Å². The third-order valence-corrected chi connectivity index (χ3v) is 12.9. The van der Waals surface area contributed by atoms with Crippen LogP contribution < -0.4 is 0 Å². The van der Waals surface area contributed by atoms with E-state index in [-0.39, 0.29) is 48.7 Å². The van der Waals surface area contributed by atoms with E-state index in [0.29, 0.717) is 30.3 Å². The lowest BCUT2D eigenvalue weighted by Gasteiger charge is -2.26. The number of morpholine rings is 1. The van der Waals surface area contributed by atoms with Crippen molar-refractivity contribution < 1.29 is 64.1 Å². The zero-order chi connectivity index (χ0) is 45.6. The highest BCUT2D eigenvalue weighted by Crippen LogP contribution is 2.27. The van der Waals surface area contributed by atoms with E-state index in [4.69, 9.17) is 98.1 Å². The summed E-state index contributed by atoms with van der Waals surface area (Å²) in [6, 6.07) is 17.2. The molecule has 2 N–H and O–H groups in total. The van der Waals surface area contributed by atoms with Gasteiger partial charge in [0.2, 0.25) is 0 Å². The van der Waals surface area contributed by atoms with Crippen molar-refractivity contribution in [2.75, 3.05) is 39.5 Å². The average Bonchev–Trinajstić information content (AvgIpc) is 3.15. The molecule has 0 bridgehead atoms. The first-order valence-corrected chi connectivity index (χ1v) is 24.6. The number of benzene rings is 4. The third-order valence-electron chi connectivity index (χ3n) is 7.38. The van der Waals surface area contributed by atoms with Gasteiger partial charge in [-0.05, 0) is 96.9 Å². The van der Waals surface area contributed by atoms with Gasteiger partial charge in [-0.2, -0.15) is 0 Å². The number of carbonyl (C=O) groups excluding carboxylic acids is 2. The smallest absolute Gasteiger partial charge is 0.338 e. The third kappa shape index (κ3) is 18.0. The van der Waals surface area contributed by atoms with Crippen LogP contribution in [0.4, 0.5) is 0 Å². The summed E-state index contributed by atoms with van der Waals surface area (Å²) in [5.41, 5.74) is 0.750. The predicted octanol–water partition coefficient (Wildman–Crippen LogP) is 8.06. The van der Waals surface area contributed by atoms with Crippen molar-refractivity contribution in [2.24, 2.45) is 0 Å². The van der Waals surface area contributed by atoms with E-state index in [1.165, 1.54) is 54.6 Å². The standard InChI is InChI=1S/C14H18ClNO5S.C7H3Cl3O3S.C7H4Cl2O4S.C7H5ClO2/c1-11-2-3-12(10-13(11)22(15,18)19)14(17)21-9-6-16-4-7-20-8-5-16;8-5-2-1-4(7(9)11)3-6(5)14(10,12)13;8-5-2-1-4(7(10)11)3-6(5)14(9,12)13;8-6-3-1-5(2-4-6)7(9)10/h2-3,10H,4-9H2,1H3;1-3H;1-3H,(H,10,11);1-4H,(H,9,10). The van der Waals surface area contributed by atoms with Crippen LogP contribution in [0.3, 0.4) is 0 Å². The SMILES string of the molecule is Cc1ccc(C(=O)OCCN2CCOCC2)cc1S(=O)(=O)Cl.O=C(Cl)c1ccc(Cl)c(S(=O)(=O)Cl)c1.O=C(O)c1ccc(Cl)c(S(=O)(=O)Cl)c1.O=C(O)c1ccc(Cl)cc1. The second kappa shape index (κ2) is 23.8. The van der Waals surface area contributed by atoms with E-state index >= 15 is 0 Å². The molecule has 0 aromatic heterocycles. The molecule has 326 valence electrons. The molecule has 0 atom stereocenters. The fourth-order valence-electron chi connectivity index (χ4n) is 4.39. The fourth-order valence-corrected chi connectivity index (χ4v) is 8.84. The summed E-state index contributed by atoms with van der Waals surface area (Å²) >= 11 is 21.8. The fraction of sp³-hybridized carbons (Fsp3) is 0.200. The number of hydrogen-bond acceptors (Lipinski definition) is 13. The van der Waals surface area contributed by atoms with Gasteiger partial charge in [-0.3, -0.25) is 9.69 Å². The summed E-state index contributed by atoms with van der Waals surface area (Å²) in [5, 5.41) is 16.6. The molecule has 0 aliphatic carbocycles. The van der Waals surface area contributed by atoms with Crippen LogP contribution in [-0.4, -0.2) is 103 Å². The number of aromatic carboxylic acids is 2. The number of rotatable bonds is 10. The summed E-state index contributed by atoms with van der Waals surface area (Å²) in [4.78, 5) is 44.8. The number of carboxylic acids is 2. The normalized spacial score (nSPS) is 12.9. The van der Waals surface area contributed by atoms with Crippen molar-refractivity contribution >= 4 is 129 Å². The highest BCUT2D eigenvalue weighted by atomic mass is 35.7. The molecule has 4 aromatic rings. The lowest BCUT2D eigenvalue weighted by Crippen LogP contribution is -2.38. The van der Waals surface area contributed by atoms with Crippen LogP contribution in [-0.2, 0) is 36.6 Å². The number of ether oxygens (including phenoxy) is 2. The number of aryl methyl sites for hydroxylation is 1. The summed E-state index contributed by atoms with van der Waals surface area (Å²) in [7, 11) is 3.60. The molecule has 0 radical (unpaired) electrons. The van der Waals surface area contributed by atoms with Gasteiger partial charge in [0.25, 0.3) is 32.4 Å². The highest BCUT2D eigenvalue weighted by molar-refractivity contribution is 8.14. The van der Waals surface area contributed by atoms with Gasteiger partial charge in [0, 0.05) is 62.3 Å². The lowest BCUT2D eigenvalue weighted by atomic mass is 10.1. The van der Waals surface area contributed by atoms with Crippen LogP contribution in [0.5, 0.6) is 0 Å². The maximum absolute atomic E-state index is 12.0. The minimum Gasteiger partial charge on any atom is -0.478 e. The molecule has 4 aromatic carbocycles. The van der Waals surface area contributed by atoms with Gasteiger partial charge in [0.05, 0.1) is 44.8 Å². The van der Waals surface area contributed by atoms with Gasteiger partial charge >= 0.3 is 17.9 Å². The average molecular weight is 1030 g/mol. The van der Waals surface area contributed by atoms with E-state index in [2.05, 4.69) is 4.90 Å². The molecule has 0 unspecified atom stereocenters. The van der Waals surface area contributed by atoms with Crippen molar-refractivity contribution in [1.29, 1.82) is 0 Å². The number of halogens is 7. The molecule has 0 amide bonds. The van der Waals surface area contributed by atoms with Crippen LogP contribution in [0.2, 0.25) is 15.1 Å². The Morgan fingerprint density at radius 3 is 1.50 bits per heavy atom. The zero-order valence-electron chi connectivity index (χ0n) is 30.4. The van der Waals surface area contributed by atoms with E-state index in [0.717, 1.165) is 25.2 Å². The van der Waals surface area contributed by atoms with Crippen molar-refractivity contribution in [2.45, 2.75) is 21.6 Å².